The molecule has 37 heavy (non-hydrogen) atoms. The second-order valence-electron chi connectivity index (χ2n) is 8.87. The van der Waals surface area contributed by atoms with E-state index in [4.69, 9.17) is 10.00 Å². The topological polar surface area (TPSA) is 89.0 Å². The largest absolute Gasteiger partial charge is 0.451 e. The van der Waals surface area contributed by atoms with Gasteiger partial charge in [0.15, 0.2) is 23.1 Å². The minimum Gasteiger partial charge on any atom is -0.451 e. The molecule has 0 spiro atoms. The Kier molecular flexibility index (Phi) is 5.91. The van der Waals surface area contributed by atoms with E-state index in [1.165, 1.54) is 24.3 Å². The van der Waals surface area contributed by atoms with Gasteiger partial charge in [0.1, 0.15) is 23.8 Å². The van der Waals surface area contributed by atoms with Crippen molar-refractivity contribution in [2.24, 2.45) is 5.41 Å². The first kappa shape index (κ1) is 24.1. The Hall–Kier alpha value is -4.66. The Balaban J connectivity index is 1.36. The monoisotopic (exact) mass is 510 g/mol. The molecule has 1 aliphatic heterocycles. The number of halogens is 4. The summed E-state index contributed by atoms with van der Waals surface area (Å²) in [6.45, 7) is 2.22. The molecule has 1 fully saturated rings. The molecule has 2 aromatic heterocycles. The van der Waals surface area contributed by atoms with Gasteiger partial charge in [-0.1, -0.05) is 6.07 Å². The van der Waals surface area contributed by atoms with E-state index < -0.39 is 40.9 Å². The fraction of sp³-hybridized carbons (Fsp3) is 0.200. The molecule has 3 heterocycles. The lowest BCUT2D eigenvalue weighted by atomic mass is 9.84. The van der Waals surface area contributed by atoms with Crippen LogP contribution in [0.5, 0.6) is 11.5 Å². The summed E-state index contributed by atoms with van der Waals surface area (Å²) in [5, 5.41) is 13.1. The number of nitrogens with zero attached hydrogens (tertiary/aromatic N) is 6. The first-order chi connectivity index (χ1) is 17.7. The summed E-state index contributed by atoms with van der Waals surface area (Å²) in [4.78, 5) is 18.5. The summed E-state index contributed by atoms with van der Waals surface area (Å²) < 4.78 is 64.4. The molecule has 4 aromatic rings. The number of aromatic nitrogens is 4. The Morgan fingerprint density at radius 1 is 1.03 bits per heavy atom. The predicted octanol–water partition coefficient (Wildman–Crippen LogP) is 4.18. The molecule has 1 saturated heterocycles. The van der Waals surface area contributed by atoms with Gasteiger partial charge in [-0.2, -0.15) is 15.0 Å². The Labute approximate surface area is 207 Å². The highest BCUT2D eigenvalue weighted by Gasteiger charge is 2.40. The highest BCUT2D eigenvalue weighted by molar-refractivity contribution is 5.50. The van der Waals surface area contributed by atoms with Crippen LogP contribution in [0, 0.1) is 40.0 Å². The van der Waals surface area contributed by atoms with Gasteiger partial charge < -0.3 is 9.64 Å². The van der Waals surface area contributed by atoms with Crippen LogP contribution in [-0.4, -0.2) is 32.4 Å². The molecule has 0 N–H and O–H groups in total. The molecule has 12 heteroatoms. The van der Waals surface area contributed by atoms with Crippen LogP contribution in [0.1, 0.15) is 12.5 Å². The molecule has 2 aromatic carbocycles. The maximum atomic E-state index is 14.9. The number of hydrogen-bond acceptors (Lipinski definition) is 6. The van der Waals surface area contributed by atoms with E-state index in [0.717, 1.165) is 40.0 Å². The van der Waals surface area contributed by atoms with Crippen molar-refractivity contribution in [1.29, 1.82) is 5.26 Å². The van der Waals surface area contributed by atoms with Gasteiger partial charge in [-0.25, -0.2) is 27.3 Å². The zero-order valence-corrected chi connectivity index (χ0v) is 19.3. The number of hydrogen-bond donors (Lipinski definition) is 0. The van der Waals surface area contributed by atoms with Crippen molar-refractivity contribution in [3.8, 4) is 23.3 Å². The van der Waals surface area contributed by atoms with Gasteiger partial charge >= 0.3 is 5.69 Å². The van der Waals surface area contributed by atoms with Crippen LogP contribution >= 0.6 is 0 Å². The van der Waals surface area contributed by atoms with Crippen molar-refractivity contribution >= 4 is 5.82 Å². The molecule has 0 unspecified atom stereocenters. The zero-order valence-electron chi connectivity index (χ0n) is 19.3. The van der Waals surface area contributed by atoms with E-state index in [9.17, 15) is 22.4 Å². The molecule has 8 nitrogen and oxygen atoms in total. The third-order valence-electron chi connectivity index (χ3n) is 5.98. The Morgan fingerprint density at radius 3 is 2.43 bits per heavy atom. The lowest BCUT2D eigenvalue weighted by molar-refractivity contribution is 0.333. The molecule has 0 amide bonds. The maximum Gasteiger partial charge on any atom is 0.350 e. The molecule has 0 bridgehead atoms. The highest BCUT2D eigenvalue weighted by Crippen LogP contribution is 2.35. The molecular formula is C25H18F4N6O2. The minimum atomic E-state index is -0.905. The third-order valence-corrected chi connectivity index (χ3v) is 5.98. The summed E-state index contributed by atoms with van der Waals surface area (Å²) in [6, 6.07) is 10.4. The third kappa shape index (κ3) is 4.51. The van der Waals surface area contributed by atoms with Crippen LogP contribution in [0.15, 0.2) is 59.8 Å². The fourth-order valence-electron chi connectivity index (χ4n) is 3.99. The SMILES string of the molecule is CC1(C#N)CN(c2cc(Oc3ccc(-n4ncn(Cc5c(F)cccc5F)c4=O)cc3F)c(F)cn2)C1. The van der Waals surface area contributed by atoms with Gasteiger partial charge in [-0.15, -0.1) is 0 Å². The lowest BCUT2D eigenvalue weighted by Crippen LogP contribution is -2.54. The van der Waals surface area contributed by atoms with Crippen molar-refractivity contribution < 1.29 is 22.3 Å². The first-order valence-corrected chi connectivity index (χ1v) is 11.0. The summed E-state index contributed by atoms with van der Waals surface area (Å²) in [5.41, 5.74) is -1.56. The van der Waals surface area contributed by atoms with Crippen molar-refractivity contribution in [1.82, 2.24) is 19.3 Å². The number of pyridine rings is 1. The van der Waals surface area contributed by atoms with Crippen molar-refractivity contribution in [2.45, 2.75) is 13.5 Å². The fourth-order valence-corrected chi connectivity index (χ4v) is 3.99. The van der Waals surface area contributed by atoms with Gasteiger partial charge in [0.05, 0.1) is 29.9 Å². The first-order valence-electron chi connectivity index (χ1n) is 11.0. The van der Waals surface area contributed by atoms with Crippen LogP contribution in [0.2, 0.25) is 0 Å². The molecule has 0 atom stereocenters. The normalized spacial score (nSPS) is 14.2. The van der Waals surface area contributed by atoms with Crippen LogP contribution in [-0.2, 0) is 6.54 Å². The van der Waals surface area contributed by atoms with Gasteiger partial charge in [0.25, 0.3) is 0 Å². The van der Waals surface area contributed by atoms with E-state index in [-0.39, 0.29) is 22.7 Å². The van der Waals surface area contributed by atoms with Crippen molar-refractivity contribution in [3.63, 3.8) is 0 Å². The molecule has 188 valence electrons. The maximum absolute atomic E-state index is 14.9. The van der Waals surface area contributed by atoms with E-state index in [2.05, 4.69) is 16.2 Å². The average molecular weight is 510 g/mol. The van der Waals surface area contributed by atoms with Crippen LogP contribution in [0.25, 0.3) is 5.69 Å². The smallest absolute Gasteiger partial charge is 0.350 e. The molecule has 0 radical (unpaired) electrons. The minimum absolute atomic E-state index is 0.0230. The summed E-state index contributed by atoms with van der Waals surface area (Å²) in [6.07, 6.45) is 2.03. The molecule has 5 rings (SSSR count). The Bertz CT molecular complexity index is 1580. The van der Waals surface area contributed by atoms with Gasteiger partial charge in [-0.05, 0) is 31.2 Å². The quantitative estimate of drug-likeness (QED) is 0.362. The molecule has 0 aliphatic carbocycles. The Morgan fingerprint density at radius 2 is 1.76 bits per heavy atom. The predicted molar refractivity (Wildman–Crippen MR) is 123 cm³/mol. The van der Waals surface area contributed by atoms with Crippen molar-refractivity contribution in [2.75, 3.05) is 18.0 Å². The molecule has 1 aliphatic rings. The molecule has 0 saturated carbocycles. The van der Waals surface area contributed by atoms with E-state index >= 15 is 0 Å². The van der Waals surface area contributed by atoms with Crippen molar-refractivity contribution in [3.05, 3.63) is 94.3 Å². The van der Waals surface area contributed by atoms with Crippen LogP contribution in [0.3, 0.4) is 0 Å². The van der Waals surface area contributed by atoms with E-state index in [1.807, 2.05) is 0 Å². The number of benzene rings is 2. The summed E-state index contributed by atoms with van der Waals surface area (Å²) >= 11 is 0. The zero-order chi connectivity index (χ0) is 26.3. The van der Waals surface area contributed by atoms with Crippen LogP contribution < -0.4 is 15.3 Å². The van der Waals surface area contributed by atoms with Gasteiger partial charge in [0.2, 0.25) is 0 Å². The van der Waals surface area contributed by atoms with Crippen LogP contribution in [0.4, 0.5) is 23.4 Å². The summed E-state index contributed by atoms with van der Waals surface area (Å²) in [5.74, 6) is -3.55. The average Bonchev–Trinajstić information content (AvgIpc) is 3.22. The lowest BCUT2D eigenvalue weighted by Gasteiger charge is -2.44. The number of nitriles is 1. The molecular weight excluding hydrogens is 492 g/mol. The van der Waals surface area contributed by atoms with Gasteiger partial charge in [-0.3, -0.25) is 4.57 Å². The van der Waals surface area contributed by atoms with E-state index in [1.54, 1.807) is 11.8 Å². The van der Waals surface area contributed by atoms with Gasteiger partial charge in [0, 0.05) is 30.8 Å². The number of rotatable bonds is 6. The van der Waals surface area contributed by atoms with E-state index in [0.29, 0.717) is 18.9 Å². The highest BCUT2D eigenvalue weighted by atomic mass is 19.1. The number of anilines is 1. The number of ether oxygens (including phenoxy) is 1. The second kappa shape index (κ2) is 9.09. The second-order valence-corrected chi connectivity index (χ2v) is 8.87. The summed E-state index contributed by atoms with van der Waals surface area (Å²) in [7, 11) is 0. The standard InChI is InChI=1S/C25H18F4N6O2/c1-25(11-30)12-34(13-25)23-8-22(20(29)9-31-23)37-21-6-5-15(7-19(21)28)35-24(36)33(14-32-35)10-16-17(26)3-2-4-18(16)27/h2-9,14H,10,12-13H2,1H3.